The van der Waals surface area contributed by atoms with Crippen LogP contribution in [0, 0.1) is 0 Å². The zero-order valence-corrected chi connectivity index (χ0v) is 22.1. The van der Waals surface area contributed by atoms with Gasteiger partial charge in [0, 0.05) is 42.9 Å². The maximum Gasteiger partial charge on any atom is 0.250 e. The Morgan fingerprint density at radius 2 is 1.86 bits per heavy atom. The van der Waals surface area contributed by atoms with Crippen LogP contribution in [0.3, 0.4) is 0 Å². The molecule has 0 aliphatic carbocycles. The molecule has 195 valence electrons. The standard InChI is InChI=1S/C27H33BN3O5S/c1-3-11-31(12-4-2)27(34)23-14-22-9-8-21(17-26(22)30-24(15-23)18-28-19-33)20-6-5-7-25(16-20)37(35,36)29-10-13-32/h5-9,14,16-17,19,29,32H,3-4,10-13,15,18H2,1-2H3. The van der Waals surface area contributed by atoms with Crippen molar-refractivity contribution < 1.29 is 23.1 Å². The zero-order valence-electron chi connectivity index (χ0n) is 21.3. The smallest absolute Gasteiger partial charge is 0.250 e. The number of aliphatic hydroxyl groups excluding tert-OH is 1. The van der Waals surface area contributed by atoms with E-state index in [1.165, 1.54) is 13.3 Å². The van der Waals surface area contributed by atoms with Crippen molar-refractivity contribution in [3.05, 3.63) is 53.6 Å². The van der Waals surface area contributed by atoms with E-state index >= 15 is 0 Å². The van der Waals surface area contributed by atoms with Crippen LogP contribution in [0.15, 0.2) is 57.9 Å². The fourth-order valence-corrected chi connectivity index (χ4v) is 5.28. The highest BCUT2D eigenvalue weighted by molar-refractivity contribution is 7.89. The summed E-state index contributed by atoms with van der Waals surface area (Å²) in [7, 11) is -2.27. The number of nitrogens with one attached hydrogen (secondary N) is 1. The number of nitrogens with zero attached hydrogens (tertiary/aromatic N) is 2. The van der Waals surface area contributed by atoms with E-state index in [1.54, 1.807) is 12.1 Å². The van der Waals surface area contributed by atoms with Crippen LogP contribution in [0.25, 0.3) is 17.2 Å². The summed E-state index contributed by atoms with van der Waals surface area (Å²) >= 11 is 0. The Morgan fingerprint density at radius 1 is 1.14 bits per heavy atom. The number of carbonyl (C=O) groups is 2. The zero-order chi connectivity index (χ0) is 26.8. The van der Waals surface area contributed by atoms with Gasteiger partial charge in [-0.1, -0.05) is 38.1 Å². The van der Waals surface area contributed by atoms with Gasteiger partial charge in [-0.2, -0.15) is 0 Å². The molecule has 1 radical (unpaired) electrons. The summed E-state index contributed by atoms with van der Waals surface area (Å²) in [6.45, 7) is 5.08. The number of carbonyl (C=O) groups excluding carboxylic acids is 2. The molecule has 0 saturated carbocycles. The Bertz CT molecular complexity index is 1280. The van der Waals surface area contributed by atoms with Crippen LogP contribution in [-0.4, -0.2) is 69.7 Å². The summed E-state index contributed by atoms with van der Waals surface area (Å²) in [5.74, 6) is -0.0206. The number of hydrogen-bond acceptors (Lipinski definition) is 6. The minimum atomic E-state index is -3.76. The van der Waals surface area contributed by atoms with E-state index in [2.05, 4.69) is 4.72 Å². The monoisotopic (exact) mass is 522 g/mol. The maximum atomic E-state index is 13.4. The minimum Gasteiger partial charge on any atom is -0.395 e. The summed E-state index contributed by atoms with van der Waals surface area (Å²) in [6.07, 6.45) is 5.02. The second-order valence-corrected chi connectivity index (χ2v) is 10.6. The van der Waals surface area contributed by atoms with Crippen molar-refractivity contribution >= 4 is 46.9 Å². The van der Waals surface area contributed by atoms with Gasteiger partial charge in [0.2, 0.25) is 23.2 Å². The first-order valence-electron chi connectivity index (χ1n) is 12.5. The Hall–Kier alpha value is -3.08. The average molecular weight is 522 g/mol. The van der Waals surface area contributed by atoms with Crippen molar-refractivity contribution in [1.82, 2.24) is 9.62 Å². The maximum absolute atomic E-state index is 13.4. The van der Waals surface area contributed by atoms with E-state index in [1.807, 2.05) is 49.1 Å². The first-order chi connectivity index (χ1) is 17.8. The summed E-state index contributed by atoms with van der Waals surface area (Å²) in [6, 6.07) is 12.2. The molecule has 0 aromatic heterocycles. The van der Waals surface area contributed by atoms with Crippen LogP contribution < -0.4 is 4.72 Å². The molecule has 0 unspecified atom stereocenters. The number of fused-ring (bicyclic) bond motifs is 1. The lowest BCUT2D eigenvalue weighted by Gasteiger charge is -2.23. The molecule has 0 bridgehead atoms. The van der Waals surface area contributed by atoms with E-state index in [4.69, 9.17) is 10.1 Å². The van der Waals surface area contributed by atoms with E-state index in [0.717, 1.165) is 30.2 Å². The number of sulfonamides is 1. The van der Waals surface area contributed by atoms with Crippen molar-refractivity contribution in [2.45, 2.75) is 44.3 Å². The van der Waals surface area contributed by atoms with Gasteiger partial charge in [0.05, 0.1) is 23.4 Å². The van der Waals surface area contributed by atoms with Gasteiger partial charge >= 0.3 is 0 Å². The largest absolute Gasteiger partial charge is 0.395 e. The minimum absolute atomic E-state index is 0.0206. The van der Waals surface area contributed by atoms with Crippen LogP contribution in [0.5, 0.6) is 0 Å². The van der Waals surface area contributed by atoms with Crippen molar-refractivity contribution in [3.8, 4) is 11.1 Å². The molecule has 1 heterocycles. The van der Waals surface area contributed by atoms with Gasteiger partial charge in [0.1, 0.15) is 0 Å². The second kappa shape index (κ2) is 13.5. The number of amides is 1. The van der Waals surface area contributed by atoms with Crippen molar-refractivity contribution in [3.63, 3.8) is 0 Å². The molecule has 2 aromatic carbocycles. The van der Waals surface area contributed by atoms with Gasteiger partial charge in [-0.3, -0.25) is 9.79 Å². The molecule has 0 atom stereocenters. The van der Waals surface area contributed by atoms with E-state index in [0.29, 0.717) is 48.4 Å². The molecule has 0 fully saturated rings. The van der Waals surface area contributed by atoms with Crippen molar-refractivity contribution in [2.75, 3.05) is 26.2 Å². The molecule has 2 N–H and O–H groups in total. The van der Waals surface area contributed by atoms with Gasteiger partial charge in [0.25, 0.3) is 0 Å². The predicted octanol–water partition coefficient (Wildman–Crippen LogP) is 3.45. The van der Waals surface area contributed by atoms with Crippen molar-refractivity contribution in [2.24, 2.45) is 4.99 Å². The quantitative estimate of drug-likeness (QED) is 0.309. The first-order valence-corrected chi connectivity index (χ1v) is 14.0. The Morgan fingerprint density at radius 3 is 2.54 bits per heavy atom. The van der Waals surface area contributed by atoms with Gasteiger partial charge in [-0.05, 0) is 54.6 Å². The third-order valence-electron chi connectivity index (χ3n) is 5.91. The molecule has 1 aliphatic heterocycles. The fraction of sp³-hybridized carbons (Fsp3) is 0.370. The summed E-state index contributed by atoms with van der Waals surface area (Å²) < 4.78 is 27.4. The average Bonchev–Trinajstić information content (AvgIpc) is 3.09. The molecule has 1 amide bonds. The van der Waals surface area contributed by atoms with Crippen molar-refractivity contribution in [1.29, 1.82) is 0 Å². The third-order valence-corrected chi connectivity index (χ3v) is 7.37. The van der Waals surface area contributed by atoms with Crippen LogP contribution in [-0.2, 0) is 19.6 Å². The highest BCUT2D eigenvalue weighted by Crippen LogP contribution is 2.33. The molecule has 10 heteroatoms. The second-order valence-electron chi connectivity index (χ2n) is 8.82. The number of benzene rings is 2. The Kier molecular flexibility index (Phi) is 10.4. The van der Waals surface area contributed by atoms with Crippen LogP contribution in [0.1, 0.15) is 38.7 Å². The third kappa shape index (κ3) is 7.47. The molecule has 2 aromatic rings. The number of aliphatic hydroxyl groups is 1. The number of aliphatic imine (C=N–C) groups is 1. The predicted molar refractivity (Wildman–Crippen MR) is 148 cm³/mol. The summed E-state index contributed by atoms with van der Waals surface area (Å²) in [5, 5.41) is 8.97. The van der Waals surface area contributed by atoms with Gasteiger partial charge in [-0.15, -0.1) is 0 Å². The van der Waals surface area contributed by atoms with Crippen LogP contribution >= 0.6 is 0 Å². The molecule has 8 nitrogen and oxygen atoms in total. The Labute approximate surface area is 219 Å². The normalized spacial score (nSPS) is 13.2. The molecule has 37 heavy (non-hydrogen) atoms. The van der Waals surface area contributed by atoms with E-state index in [-0.39, 0.29) is 24.0 Å². The van der Waals surface area contributed by atoms with E-state index in [9.17, 15) is 18.0 Å². The molecule has 1 aliphatic rings. The summed E-state index contributed by atoms with van der Waals surface area (Å²) in [4.78, 5) is 31.2. The molecular formula is C27H33BN3O5S. The molecule has 0 saturated heterocycles. The molecular weight excluding hydrogens is 489 g/mol. The SMILES string of the molecule is CCCN(CCC)C(=O)C1=Cc2ccc(-c3cccc(S(=O)(=O)NCCO)c3)cc2N=C(C[B]C=O)C1. The lowest BCUT2D eigenvalue weighted by atomic mass is 9.74. The fourth-order valence-electron chi connectivity index (χ4n) is 4.21. The highest BCUT2D eigenvalue weighted by Gasteiger charge is 2.22. The lowest BCUT2D eigenvalue weighted by molar-refractivity contribution is -0.127. The molecule has 0 spiro atoms. The first kappa shape index (κ1) is 28.5. The lowest BCUT2D eigenvalue weighted by Crippen LogP contribution is -2.34. The Balaban J connectivity index is 2.03. The highest BCUT2D eigenvalue weighted by atomic mass is 32.2. The topological polar surface area (TPSA) is 116 Å². The van der Waals surface area contributed by atoms with Gasteiger partial charge in [0.15, 0.2) is 0 Å². The van der Waals surface area contributed by atoms with E-state index < -0.39 is 10.0 Å². The number of rotatable bonds is 13. The summed E-state index contributed by atoms with van der Waals surface area (Å²) in [5.41, 5.74) is 4.23. The molecule has 3 rings (SSSR count). The van der Waals surface area contributed by atoms with Gasteiger partial charge in [-0.25, -0.2) is 13.1 Å². The van der Waals surface area contributed by atoms with Crippen LogP contribution in [0.4, 0.5) is 5.69 Å². The number of hydrogen-bond donors (Lipinski definition) is 2. The van der Waals surface area contributed by atoms with Gasteiger partial charge < -0.3 is 14.8 Å². The van der Waals surface area contributed by atoms with Crippen LogP contribution in [0.2, 0.25) is 6.32 Å².